The number of allylic oxidation sites excluding steroid dienone is 9. The summed E-state index contributed by atoms with van der Waals surface area (Å²) in [7, 11) is 1.24. The fraction of sp³-hybridized carbons (Fsp3) is 0.823. The number of likely N-dealkylation sites (N-methyl/N-ethyl adjacent to an activating group) is 1. The predicted octanol–water partition coefficient (Wildman–Crippen LogP) is 17.9. The van der Waals surface area contributed by atoms with Crippen LogP contribution in [0.5, 0.6) is 0 Å². The first-order chi connectivity index (χ1) is 34.5. The Bertz CT molecular complexity index is 1340. The van der Waals surface area contributed by atoms with Gasteiger partial charge in [-0.15, -0.1) is 0 Å². The Morgan fingerprint density at radius 2 is 0.831 bits per heavy atom. The van der Waals surface area contributed by atoms with Crippen LogP contribution in [0.15, 0.2) is 60.8 Å². The first-order valence-corrected chi connectivity index (χ1v) is 31.6. The molecule has 9 heteroatoms. The van der Waals surface area contributed by atoms with Crippen molar-refractivity contribution in [2.45, 2.75) is 289 Å². The van der Waals surface area contributed by atoms with E-state index in [1.807, 2.05) is 27.2 Å². The number of amides is 1. The molecule has 416 valence electrons. The number of phosphoric ester groups is 1. The first-order valence-electron chi connectivity index (χ1n) is 30.2. The molecule has 3 atom stereocenters. The second kappa shape index (κ2) is 53.0. The minimum Gasteiger partial charge on any atom is -0.756 e. The molecule has 0 aromatic carbocycles. The normalized spacial score (nSPS) is 14.3. The summed E-state index contributed by atoms with van der Waals surface area (Å²) in [5.41, 5.74) is 0. The number of aliphatic hydroxyl groups is 1. The molecule has 0 radical (unpaired) electrons. The van der Waals surface area contributed by atoms with Gasteiger partial charge in [0, 0.05) is 6.42 Å². The number of hydrogen-bond acceptors (Lipinski definition) is 6. The van der Waals surface area contributed by atoms with E-state index in [-0.39, 0.29) is 12.5 Å². The van der Waals surface area contributed by atoms with E-state index < -0.39 is 26.6 Å². The second-order valence-corrected chi connectivity index (χ2v) is 23.1. The lowest BCUT2D eigenvalue weighted by Gasteiger charge is -2.29. The number of phosphoric acid groups is 1. The van der Waals surface area contributed by atoms with Crippen LogP contribution >= 0.6 is 7.82 Å². The number of hydrogen-bond donors (Lipinski definition) is 2. The van der Waals surface area contributed by atoms with Gasteiger partial charge in [-0.25, -0.2) is 0 Å². The minimum absolute atomic E-state index is 0.00982. The monoisotopic (exact) mass is 1020 g/mol. The zero-order valence-corrected chi connectivity index (χ0v) is 48.3. The van der Waals surface area contributed by atoms with Gasteiger partial charge in [-0.05, 0) is 77.0 Å². The molecule has 0 fully saturated rings. The molecule has 3 unspecified atom stereocenters. The molecular formula is C62H117N2O6P. The van der Waals surface area contributed by atoms with Crippen molar-refractivity contribution in [3.05, 3.63) is 60.8 Å². The molecule has 8 nitrogen and oxygen atoms in total. The van der Waals surface area contributed by atoms with Crippen molar-refractivity contribution >= 4 is 13.7 Å². The smallest absolute Gasteiger partial charge is 0.268 e. The van der Waals surface area contributed by atoms with Crippen molar-refractivity contribution in [3.63, 3.8) is 0 Å². The van der Waals surface area contributed by atoms with Crippen molar-refractivity contribution < 1.29 is 32.9 Å². The summed E-state index contributed by atoms with van der Waals surface area (Å²) in [6.07, 6.45) is 71.9. The van der Waals surface area contributed by atoms with Crippen LogP contribution in [0.1, 0.15) is 277 Å². The molecule has 0 heterocycles. The van der Waals surface area contributed by atoms with Crippen LogP contribution in [0.4, 0.5) is 0 Å². The van der Waals surface area contributed by atoms with E-state index in [0.29, 0.717) is 17.4 Å². The fourth-order valence-corrected chi connectivity index (χ4v) is 9.41. The number of quaternary nitrogens is 1. The Balaban J connectivity index is 4.02. The summed E-state index contributed by atoms with van der Waals surface area (Å²) in [6.45, 7) is 4.61. The van der Waals surface area contributed by atoms with Gasteiger partial charge in [-0.2, -0.15) is 0 Å². The first kappa shape index (κ1) is 69.2. The summed E-state index contributed by atoms with van der Waals surface area (Å²) in [6, 6.07) is -0.910. The Kier molecular flexibility index (Phi) is 51.7. The maximum Gasteiger partial charge on any atom is 0.268 e. The van der Waals surface area contributed by atoms with Gasteiger partial charge < -0.3 is 28.8 Å². The zero-order chi connectivity index (χ0) is 52.0. The molecule has 0 saturated heterocycles. The molecule has 0 aromatic rings. The van der Waals surface area contributed by atoms with Crippen molar-refractivity contribution in [3.8, 4) is 0 Å². The van der Waals surface area contributed by atoms with Crippen LogP contribution < -0.4 is 10.2 Å². The lowest BCUT2D eigenvalue weighted by atomic mass is 10.0. The number of carbonyl (C=O) groups is 1. The summed E-state index contributed by atoms with van der Waals surface area (Å²) >= 11 is 0. The van der Waals surface area contributed by atoms with Gasteiger partial charge in [0.1, 0.15) is 13.2 Å². The highest BCUT2D eigenvalue weighted by Gasteiger charge is 2.23. The molecular weight excluding hydrogens is 900 g/mol. The predicted molar refractivity (Wildman–Crippen MR) is 307 cm³/mol. The Morgan fingerprint density at radius 3 is 1.24 bits per heavy atom. The number of nitrogens with zero attached hydrogens (tertiary/aromatic N) is 1. The number of carbonyl (C=O) groups excluding carboxylic acids is 1. The maximum absolute atomic E-state index is 12.9. The summed E-state index contributed by atoms with van der Waals surface area (Å²) in [4.78, 5) is 25.5. The molecule has 0 aliphatic rings. The van der Waals surface area contributed by atoms with Crippen molar-refractivity contribution in [2.24, 2.45) is 0 Å². The van der Waals surface area contributed by atoms with Gasteiger partial charge in [0.25, 0.3) is 7.82 Å². The van der Waals surface area contributed by atoms with Crippen LogP contribution in [-0.4, -0.2) is 68.5 Å². The highest BCUT2D eigenvalue weighted by molar-refractivity contribution is 7.45. The van der Waals surface area contributed by atoms with Crippen LogP contribution in [-0.2, 0) is 18.4 Å². The van der Waals surface area contributed by atoms with Crippen LogP contribution in [0, 0.1) is 0 Å². The van der Waals surface area contributed by atoms with E-state index >= 15 is 0 Å². The van der Waals surface area contributed by atoms with Crippen molar-refractivity contribution in [1.29, 1.82) is 0 Å². The van der Waals surface area contributed by atoms with E-state index in [1.165, 1.54) is 199 Å². The molecule has 0 saturated carbocycles. The SMILES string of the molecule is CCCCCC/C=C/CC/C=C/CC/C=C/C(O)C(COP(=O)([O-])OCC[N+](C)(C)C)NC(=O)CCCCCCCCCCCCCCCCCCC/C=C\C/C=C\CCCCCCCCCCCCC. The molecule has 0 bridgehead atoms. The summed E-state index contributed by atoms with van der Waals surface area (Å²) in [5, 5.41) is 13.8. The largest absolute Gasteiger partial charge is 0.756 e. The second-order valence-electron chi connectivity index (χ2n) is 21.7. The standard InChI is InChI=1S/C62H117N2O6P/c1-6-8-10-12-14-16-18-20-22-23-24-25-26-27-28-29-30-31-32-33-34-35-36-37-38-39-40-41-42-44-46-48-50-52-54-56-62(66)63-60(59-70-71(67,68)69-58-57-64(3,4)5)61(65)55-53-51-49-47-45-43-21-19-17-15-13-11-9-7-2/h17,19,26-27,29-30,45,47,53,55,60-61,65H,6-16,18,20-25,28,31-44,46,48-52,54,56-59H2,1-5H3,(H-,63,66,67,68)/b19-17+,27-26-,30-29-,47-45+,55-53+. The van der Waals surface area contributed by atoms with Crippen LogP contribution in [0.3, 0.4) is 0 Å². The Labute approximate surface area is 441 Å². The zero-order valence-electron chi connectivity index (χ0n) is 47.4. The molecule has 0 spiro atoms. The van der Waals surface area contributed by atoms with Crippen molar-refractivity contribution in [1.82, 2.24) is 5.32 Å². The maximum atomic E-state index is 12.9. The van der Waals surface area contributed by atoms with Gasteiger partial charge >= 0.3 is 0 Å². The van der Waals surface area contributed by atoms with Gasteiger partial charge in [-0.3, -0.25) is 9.36 Å². The molecule has 1 amide bonds. The van der Waals surface area contributed by atoms with Gasteiger partial charge in [0.05, 0.1) is 39.9 Å². The lowest BCUT2D eigenvalue weighted by molar-refractivity contribution is -0.870. The molecule has 0 aliphatic heterocycles. The Morgan fingerprint density at radius 1 is 0.493 bits per heavy atom. The number of rotatable bonds is 55. The van der Waals surface area contributed by atoms with Crippen LogP contribution in [0.25, 0.3) is 0 Å². The molecule has 0 aromatic heterocycles. The number of nitrogens with one attached hydrogen (secondary N) is 1. The minimum atomic E-state index is -4.61. The molecule has 0 aliphatic carbocycles. The summed E-state index contributed by atoms with van der Waals surface area (Å²) < 4.78 is 23.3. The third-order valence-electron chi connectivity index (χ3n) is 13.4. The summed E-state index contributed by atoms with van der Waals surface area (Å²) in [5.74, 6) is -0.211. The highest BCUT2D eigenvalue weighted by atomic mass is 31.2. The van der Waals surface area contributed by atoms with Crippen LogP contribution in [0.2, 0.25) is 0 Å². The Hall–Kier alpha value is -1.80. The number of unbranched alkanes of at least 4 members (excludes halogenated alkanes) is 34. The van der Waals surface area contributed by atoms with Crippen molar-refractivity contribution in [2.75, 3.05) is 40.9 Å². The lowest BCUT2D eigenvalue weighted by Crippen LogP contribution is -2.45. The molecule has 0 rings (SSSR count). The van der Waals surface area contributed by atoms with E-state index in [4.69, 9.17) is 9.05 Å². The number of aliphatic hydroxyl groups excluding tert-OH is 1. The average Bonchev–Trinajstić information content (AvgIpc) is 3.33. The fourth-order valence-electron chi connectivity index (χ4n) is 8.69. The van der Waals surface area contributed by atoms with E-state index in [1.54, 1.807) is 6.08 Å². The van der Waals surface area contributed by atoms with Gasteiger partial charge in [-0.1, -0.05) is 254 Å². The third kappa shape index (κ3) is 55.8. The van der Waals surface area contributed by atoms with E-state index in [2.05, 4.69) is 67.8 Å². The quantitative estimate of drug-likeness (QED) is 0.0272. The van der Waals surface area contributed by atoms with Gasteiger partial charge in [0.2, 0.25) is 5.91 Å². The molecule has 2 N–H and O–H groups in total. The van der Waals surface area contributed by atoms with E-state index in [0.717, 1.165) is 57.8 Å². The van der Waals surface area contributed by atoms with Gasteiger partial charge in [0.15, 0.2) is 0 Å². The third-order valence-corrected chi connectivity index (χ3v) is 14.4. The average molecular weight is 1020 g/mol. The van der Waals surface area contributed by atoms with E-state index in [9.17, 15) is 19.4 Å². The topological polar surface area (TPSA) is 108 Å². The molecule has 71 heavy (non-hydrogen) atoms. The highest BCUT2D eigenvalue weighted by Crippen LogP contribution is 2.38.